The van der Waals surface area contributed by atoms with Gasteiger partial charge >= 0.3 is 0 Å². The third kappa shape index (κ3) is 1.46. The van der Waals surface area contributed by atoms with Crippen molar-refractivity contribution < 1.29 is 9.90 Å². The lowest BCUT2D eigenvalue weighted by Crippen LogP contribution is -2.36. The van der Waals surface area contributed by atoms with E-state index in [-0.39, 0.29) is 18.6 Å². The van der Waals surface area contributed by atoms with E-state index in [1.54, 1.807) is 0 Å². The Labute approximate surface area is 59.6 Å². The fraction of sp³-hybridized carbons (Fsp3) is 0.833. The molecule has 1 heterocycles. The second-order valence-electron chi connectivity index (χ2n) is 2.49. The van der Waals surface area contributed by atoms with Crippen LogP contribution in [0.5, 0.6) is 0 Å². The van der Waals surface area contributed by atoms with Gasteiger partial charge in [-0.1, -0.05) is 0 Å². The molecular formula is C6H12N2O2. The van der Waals surface area contributed by atoms with Gasteiger partial charge in [0.2, 0.25) is 6.41 Å². The molecule has 1 rings (SSSR count). The summed E-state index contributed by atoms with van der Waals surface area (Å²) in [5, 5.41) is 14.5. The Balaban J connectivity index is 2.34. The second kappa shape index (κ2) is 3.53. The van der Waals surface area contributed by atoms with E-state index >= 15 is 0 Å². The van der Waals surface area contributed by atoms with Gasteiger partial charge in [-0.3, -0.25) is 4.79 Å². The minimum atomic E-state index is 0.113. The summed E-state index contributed by atoms with van der Waals surface area (Å²) in [5.74, 6) is 0.185. The summed E-state index contributed by atoms with van der Waals surface area (Å²) in [7, 11) is 0. The molecule has 0 bridgehead atoms. The van der Waals surface area contributed by atoms with Crippen LogP contribution >= 0.6 is 0 Å². The monoisotopic (exact) mass is 144 g/mol. The van der Waals surface area contributed by atoms with Crippen LogP contribution in [0.4, 0.5) is 0 Å². The lowest BCUT2D eigenvalue weighted by atomic mass is 10.1. The minimum absolute atomic E-state index is 0.113. The van der Waals surface area contributed by atoms with Crippen molar-refractivity contribution in [3.63, 3.8) is 0 Å². The van der Waals surface area contributed by atoms with Crippen molar-refractivity contribution in [1.29, 1.82) is 0 Å². The Morgan fingerprint density at radius 1 is 1.70 bits per heavy atom. The van der Waals surface area contributed by atoms with Gasteiger partial charge in [-0.2, -0.15) is 0 Å². The summed E-state index contributed by atoms with van der Waals surface area (Å²) in [4.78, 5) is 10.0. The fourth-order valence-corrected chi connectivity index (χ4v) is 1.21. The molecular weight excluding hydrogens is 132 g/mol. The van der Waals surface area contributed by atoms with Crippen molar-refractivity contribution in [3.8, 4) is 0 Å². The molecule has 1 amide bonds. The molecule has 2 atom stereocenters. The van der Waals surface area contributed by atoms with Crippen molar-refractivity contribution in [2.24, 2.45) is 5.92 Å². The summed E-state index contributed by atoms with van der Waals surface area (Å²) < 4.78 is 0. The van der Waals surface area contributed by atoms with E-state index in [9.17, 15) is 4.79 Å². The number of carbonyl (C=O) groups excluding carboxylic acids is 1. The van der Waals surface area contributed by atoms with Gasteiger partial charge in [0.05, 0.1) is 0 Å². The average molecular weight is 144 g/mol. The van der Waals surface area contributed by atoms with E-state index in [0.29, 0.717) is 6.41 Å². The predicted molar refractivity (Wildman–Crippen MR) is 36.4 cm³/mol. The van der Waals surface area contributed by atoms with Gasteiger partial charge in [0.25, 0.3) is 0 Å². The number of rotatable bonds is 3. The van der Waals surface area contributed by atoms with Gasteiger partial charge in [0.1, 0.15) is 0 Å². The first-order valence-corrected chi connectivity index (χ1v) is 3.39. The van der Waals surface area contributed by atoms with E-state index < -0.39 is 0 Å². The Morgan fingerprint density at radius 3 is 3.10 bits per heavy atom. The Hall–Kier alpha value is -0.610. The van der Waals surface area contributed by atoms with Crippen LogP contribution in [0.25, 0.3) is 0 Å². The maximum atomic E-state index is 10.0. The first kappa shape index (κ1) is 7.50. The van der Waals surface area contributed by atoms with Gasteiger partial charge in [0.15, 0.2) is 0 Å². The maximum Gasteiger partial charge on any atom is 0.207 e. The zero-order valence-corrected chi connectivity index (χ0v) is 5.71. The Kier molecular flexibility index (Phi) is 2.65. The van der Waals surface area contributed by atoms with Crippen LogP contribution in [0.1, 0.15) is 0 Å². The molecule has 4 nitrogen and oxygen atoms in total. The lowest BCUT2D eigenvalue weighted by Gasteiger charge is -2.13. The van der Waals surface area contributed by atoms with Crippen molar-refractivity contribution >= 4 is 6.41 Å². The van der Waals surface area contributed by atoms with Crippen LogP contribution in [-0.4, -0.2) is 37.3 Å². The molecule has 0 aromatic carbocycles. The summed E-state index contributed by atoms with van der Waals surface area (Å²) in [6.45, 7) is 1.70. The van der Waals surface area contributed by atoms with Crippen LogP contribution in [0, 0.1) is 5.92 Å². The van der Waals surface area contributed by atoms with Crippen molar-refractivity contribution in [2.45, 2.75) is 6.04 Å². The standard InChI is InChI=1S/C6H12N2O2/c9-3-5-1-7-2-6(5)8-4-10/h4-7,9H,1-3H2,(H,8,10)/t5-,6+/m1/s1. The molecule has 0 spiro atoms. The van der Waals surface area contributed by atoms with E-state index in [1.165, 1.54) is 0 Å². The summed E-state index contributed by atoms with van der Waals surface area (Å²) in [5.41, 5.74) is 0. The number of amides is 1. The lowest BCUT2D eigenvalue weighted by molar-refractivity contribution is -0.110. The Bertz CT molecular complexity index is 118. The normalized spacial score (nSPS) is 32.1. The molecule has 0 unspecified atom stereocenters. The number of aliphatic hydroxyl groups excluding tert-OH is 1. The van der Waals surface area contributed by atoms with Crippen molar-refractivity contribution in [3.05, 3.63) is 0 Å². The first-order chi connectivity index (χ1) is 4.88. The van der Waals surface area contributed by atoms with E-state index in [4.69, 9.17) is 5.11 Å². The SMILES string of the molecule is O=CN[C@H]1CNC[C@@H]1CO. The molecule has 0 radical (unpaired) electrons. The van der Waals surface area contributed by atoms with Crippen LogP contribution in [-0.2, 0) is 4.79 Å². The maximum absolute atomic E-state index is 10.0. The highest BCUT2D eigenvalue weighted by Gasteiger charge is 2.25. The molecule has 1 fully saturated rings. The number of hydrogen-bond donors (Lipinski definition) is 3. The molecule has 58 valence electrons. The van der Waals surface area contributed by atoms with E-state index in [1.807, 2.05) is 0 Å². The third-order valence-electron chi connectivity index (χ3n) is 1.86. The Morgan fingerprint density at radius 2 is 2.50 bits per heavy atom. The van der Waals surface area contributed by atoms with Gasteiger partial charge in [-0.05, 0) is 0 Å². The van der Waals surface area contributed by atoms with Crippen LogP contribution < -0.4 is 10.6 Å². The molecule has 1 saturated heterocycles. The van der Waals surface area contributed by atoms with Gasteiger partial charge in [-0.25, -0.2) is 0 Å². The highest BCUT2D eigenvalue weighted by Crippen LogP contribution is 2.06. The number of aliphatic hydroxyl groups is 1. The van der Waals surface area contributed by atoms with Gasteiger partial charge < -0.3 is 15.7 Å². The van der Waals surface area contributed by atoms with Crippen molar-refractivity contribution in [1.82, 2.24) is 10.6 Å². The molecule has 0 aliphatic carbocycles. The van der Waals surface area contributed by atoms with Crippen LogP contribution in [0.15, 0.2) is 0 Å². The molecule has 1 aliphatic heterocycles. The highest BCUT2D eigenvalue weighted by molar-refractivity contribution is 5.47. The third-order valence-corrected chi connectivity index (χ3v) is 1.86. The second-order valence-corrected chi connectivity index (χ2v) is 2.49. The van der Waals surface area contributed by atoms with Gasteiger partial charge in [-0.15, -0.1) is 0 Å². The zero-order valence-electron chi connectivity index (χ0n) is 5.71. The molecule has 3 N–H and O–H groups in total. The quantitative estimate of drug-likeness (QED) is 0.414. The molecule has 0 saturated carbocycles. The fourth-order valence-electron chi connectivity index (χ4n) is 1.21. The van der Waals surface area contributed by atoms with Gasteiger partial charge in [0, 0.05) is 31.7 Å². The number of hydrogen-bond acceptors (Lipinski definition) is 3. The molecule has 10 heavy (non-hydrogen) atoms. The molecule has 4 heteroatoms. The minimum Gasteiger partial charge on any atom is -0.396 e. The first-order valence-electron chi connectivity index (χ1n) is 3.39. The van der Waals surface area contributed by atoms with Crippen LogP contribution in [0.2, 0.25) is 0 Å². The average Bonchev–Trinajstić information content (AvgIpc) is 2.36. The largest absolute Gasteiger partial charge is 0.396 e. The number of nitrogens with one attached hydrogen (secondary N) is 2. The highest BCUT2D eigenvalue weighted by atomic mass is 16.3. The summed E-state index contributed by atoms with van der Waals surface area (Å²) >= 11 is 0. The molecule has 1 aliphatic rings. The van der Waals surface area contributed by atoms with E-state index in [2.05, 4.69) is 10.6 Å². The van der Waals surface area contributed by atoms with Crippen molar-refractivity contribution in [2.75, 3.05) is 19.7 Å². The smallest absolute Gasteiger partial charge is 0.207 e. The number of carbonyl (C=O) groups is 1. The molecule has 0 aromatic rings. The van der Waals surface area contributed by atoms with E-state index in [0.717, 1.165) is 13.1 Å². The zero-order chi connectivity index (χ0) is 7.40. The summed E-state index contributed by atoms with van der Waals surface area (Å²) in [6, 6.07) is 0.113. The predicted octanol–water partition coefficient (Wildman–Crippen LogP) is -1.69. The topological polar surface area (TPSA) is 61.4 Å². The molecule has 0 aromatic heterocycles. The summed E-state index contributed by atoms with van der Waals surface area (Å²) in [6.07, 6.45) is 0.681. The van der Waals surface area contributed by atoms with Crippen LogP contribution in [0.3, 0.4) is 0 Å².